The van der Waals surface area contributed by atoms with Crippen LogP contribution in [0.3, 0.4) is 0 Å². The van der Waals surface area contributed by atoms with Crippen molar-refractivity contribution in [2.45, 2.75) is 25.5 Å². The zero-order chi connectivity index (χ0) is 16.7. The third-order valence-corrected chi connectivity index (χ3v) is 3.55. The lowest BCUT2D eigenvalue weighted by Crippen LogP contribution is -2.45. The average molecular weight is 321 g/mol. The van der Waals surface area contributed by atoms with Gasteiger partial charge in [-0.2, -0.15) is 0 Å². The molecule has 2 atom stereocenters. The van der Waals surface area contributed by atoms with E-state index in [4.69, 9.17) is 9.47 Å². The van der Waals surface area contributed by atoms with Crippen LogP contribution in [0.2, 0.25) is 0 Å². The van der Waals surface area contributed by atoms with E-state index in [1.165, 1.54) is 0 Å². The molecule has 0 unspecified atom stereocenters. The minimum absolute atomic E-state index is 0.0748. The van der Waals surface area contributed by atoms with Crippen molar-refractivity contribution < 1.29 is 19.1 Å². The Morgan fingerprint density at radius 1 is 1.35 bits per heavy atom. The molecule has 1 heterocycles. The Morgan fingerprint density at radius 3 is 2.91 bits per heavy atom. The van der Waals surface area contributed by atoms with E-state index in [1.54, 1.807) is 25.2 Å². The molecule has 0 aliphatic carbocycles. The molecule has 0 aromatic heterocycles. The van der Waals surface area contributed by atoms with Crippen molar-refractivity contribution in [3.8, 4) is 0 Å². The molecule has 3 amide bonds. The summed E-state index contributed by atoms with van der Waals surface area (Å²) < 4.78 is 10.9. The van der Waals surface area contributed by atoms with Gasteiger partial charge in [0, 0.05) is 19.3 Å². The monoisotopic (exact) mass is 321 g/mol. The number of amides is 3. The Hall–Kier alpha value is -2.12. The van der Waals surface area contributed by atoms with Crippen molar-refractivity contribution >= 4 is 17.6 Å². The van der Waals surface area contributed by atoms with Crippen molar-refractivity contribution in [3.05, 3.63) is 29.8 Å². The lowest BCUT2D eigenvalue weighted by atomic mass is 10.1. The number of benzene rings is 1. The van der Waals surface area contributed by atoms with Crippen molar-refractivity contribution in [2.75, 3.05) is 32.2 Å². The van der Waals surface area contributed by atoms with Gasteiger partial charge in [0.05, 0.1) is 25.7 Å². The molecule has 1 saturated heterocycles. The zero-order valence-electron chi connectivity index (χ0n) is 13.4. The maximum absolute atomic E-state index is 12.1. The van der Waals surface area contributed by atoms with Crippen LogP contribution in [0.4, 0.5) is 10.5 Å². The van der Waals surface area contributed by atoms with E-state index in [0.29, 0.717) is 25.5 Å². The lowest BCUT2D eigenvalue weighted by molar-refractivity contribution is -0.119. The normalized spacial score (nSPS) is 20.1. The van der Waals surface area contributed by atoms with Crippen molar-refractivity contribution in [1.29, 1.82) is 0 Å². The van der Waals surface area contributed by atoms with Gasteiger partial charge in [0.1, 0.15) is 6.10 Å². The first-order valence-corrected chi connectivity index (χ1v) is 7.68. The minimum atomic E-state index is -0.317. The number of carbonyl (C=O) groups excluding carboxylic acids is 2. The highest BCUT2D eigenvalue weighted by Crippen LogP contribution is 2.13. The summed E-state index contributed by atoms with van der Waals surface area (Å²) in [6, 6.07) is 6.72. The van der Waals surface area contributed by atoms with Gasteiger partial charge in [-0.1, -0.05) is 12.1 Å². The van der Waals surface area contributed by atoms with Crippen LogP contribution in [0, 0.1) is 0 Å². The van der Waals surface area contributed by atoms with Crippen LogP contribution in [0.25, 0.3) is 0 Å². The molecule has 2 rings (SSSR count). The Balaban J connectivity index is 1.90. The van der Waals surface area contributed by atoms with Crippen LogP contribution in [-0.2, 0) is 20.7 Å². The van der Waals surface area contributed by atoms with Gasteiger partial charge in [0.25, 0.3) is 0 Å². The second-order valence-electron chi connectivity index (χ2n) is 5.29. The van der Waals surface area contributed by atoms with Crippen LogP contribution >= 0.6 is 0 Å². The van der Waals surface area contributed by atoms with Crippen LogP contribution in [0.15, 0.2) is 24.3 Å². The van der Waals surface area contributed by atoms with Gasteiger partial charge in [-0.3, -0.25) is 4.79 Å². The SMILES string of the molecule is CCO[C@H]1COC[C@@H]1NC(=O)Nc1cccc(CC(=O)NC)c1. The molecule has 0 radical (unpaired) electrons. The molecule has 0 spiro atoms. The average Bonchev–Trinajstić information content (AvgIpc) is 2.95. The van der Waals surface area contributed by atoms with Crippen LogP contribution in [0.1, 0.15) is 12.5 Å². The maximum atomic E-state index is 12.1. The molecule has 0 saturated carbocycles. The fraction of sp³-hybridized carbons (Fsp3) is 0.500. The van der Waals surface area contributed by atoms with E-state index >= 15 is 0 Å². The van der Waals surface area contributed by atoms with Crippen LogP contribution in [-0.4, -0.2) is 51.0 Å². The highest BCUT2D eigenvalue weighted by Gasteiger charge is 2.29. The molecular formula is C16H23N3O4. The van der Waals surface area contributed by atoms with Gasteiger partial charge in [-0.15, -0.1) is 0 Å². The third kappa shape index (κ3) is 5.22. The third-order valence-electron chi connectivity index (χ3n) is 3.55. The van der Waals surface area contributed by atoms with E-state index in [1.807, 2.05) is 13.0 Å². The molecule has 1 aliphatic heterocycles. The van der Waals surface area contributed by atoms with E-state index in [0.717, 1.165) is 5.56 Å². The predicted octanol–water partition coefficient (Wildman–Crippen LogP) is 0.900. The Morgan fingerprint density at radius 2 is 2.17 bits per heavy atom. The second kappa shape index (κ2) is 8.50. The van der Waals surface area contributed by atoms with Gasteiger partial charge in [0.2, 0.25) is 5.91 Å². The quantitative estimate of drug-likeness (QED) is 0.726. The van der Waals surface area contributed by atoms with Crippen molar-refractivity contribution in [1.82, 2.24) is 10.6 Å². The Bertz CT molecular complexity index is 550. The minimum Gasteiger partial charge on any atom is -0.376 e. The fourth-order valence-electron chi connectivity index (χ4n) is 2.42. The first-order valence-electron chi connectivity index (χ1n) is 7.68. The summed E-state index contributed by atoms with van der Waals surface area (Å²) >= 11 is 0. The van der Waals surface area contributed by atoms with Crippen molar-refractivity contribution in [2.24, 2.45) is 0 Å². The van der Waals surface area contributed by atoms with Crippen LogP contribution < -0.4 is 16.0 Å². The van der Waals surface area contributed by atoms with E-state index < -0.39 is 0 Å². The summed E-state index contributed by atoms with van der Waals surface area (Å²) in [5.74, 6) is -0.0748. The molecule has 7 heteroatoms. The largest absolute Gasteiger partial charge is 0.376 e. The van der Waals surface area contributed by atoms with E-state index in [9.17, 15) is 9.59 Å². The molecule has 1 aromatic carbocycles. The number of likely N-dealkylation sites (N-methyl/N-ethyl adjacent to an activating group) is 1. The molecule has 1 aromatic rings. The number of anilines is 1. The number of rotatable bonds is 6. The Kier molecular flexibility index (Phi) is 6.37. The van der Waals surface area contributed by atoms with Gasteiger partial charge >= 0.3 is 6.03 Å². The molecular weight excluding hydrogens is 298 g/mol. The highest BCUT2D eigenvalue weighted by molar-refractivity contribution is 5.89. The lowest BCUT2D eigenvalue weighted by Gasteiger charge is -2.19. The van der Waals surface area contributed by atoms with Gasteiger partial charge in [-0.05, 0) is 24.6 Å². The summed E-state index contributed by atoms with van der Waals surface area (Å²) in [6.45, 7) is 3.41. The van der Waals surface area contributed by atoms with E-state index in [2.05, 4.69) is 16.0 Å². The number of hydrogen-bond acceptors (Lipinski definition) is 4. The van der Waals surface area contributed by atoms with Crippen molar-refractivity contribution in [3.63, 3.8) is 0 Å². The molecule has 126 valence electrons. The summed E-state index contributed by atoms with van der Waals surface area (Å²) in [4.78, 5) is 23.5. The highest BCUT2D eigenvalue weighted by atomic mass is 16.5. The number of carbonyl (C=O) groups is 2. The number of hydrogen-bond donors (Lipinski definition) is 3. The smallest absolute Gasteiger partial charge is 0.319 e. The predicted molar refractivity (Wildman–Crippen MR) is 86.4 cm³/mol. The first kappa shape index (κ1) is 17.2. The number of ether oxygens (including phenoxy) is 2. The van der Waals surface area contributed by atoms with E-state index in [-0.39, 0.29) is 30.5 Å². The fourth-order valence-corrected chi connectivity index (χ4v) is 2.42. The topological polar surface area (TPSA) is 88.7 Å². The molecule has 3 N–H and O–H groups in total. The summed E-state index contributed by atoms with van der Waals surface area (Å²) in [5.41, 5.74) is 1.47. The van der Waals surface area contributed by atoms with Gasteiger partial charge in [0.15, 0.2) is 0 Å². The second-order valence-corrected chi connectivity index (χ2v) is 5.29. The van der Waals surface area contributed by atoms with Gasteiger partial charge in [-0.25, -0.2) is 4.79 Å². The maximum Gasteiger partial charge on any atom is 0.319 e. The molecule has 1 aliphatic rings. The molecule has 23 heavy (non-hydrogen) atoms. The number of nitrogens with one attached hydrogen (secondary N) is 3. The summed E-state index contributed by atoms with van der Waals surface area (Å²) in [7, 11) is 1.59. The van der Waals surface area contributed by atoms with Gasteiger partial charge < -0.3 is 25.4 Å². The number of urea groups is 1. The molecule has 7 nitrogen and oxygen atoms in total. The molecule has 0 bridgehead atoms. The summed E-state index contributed by atoms with van der Waals surface area (Å²) in [5, 5.41) is 8.20. The van der Waals surface area contributed by atoms with Crippen LogP contribution in [0.5, 0.6) is 0 Å². The first-order chi connectivity index (χ1) is 11.1. The molecule has 1 fully saturated rings. The summed E-state index contributed by atoms with van der Waals surface area (Å²) in [6.07, 6.45) is 0.154. The Labute approximate surface area is 135 Å². The zero-order valence-corrected chi connectivity index (χ0v) is 13.4. The standard InChI is InChI=1S/C16H23N3O4/c1-3-23-14-10-22-9-13(14)19-16(21)18-12-6-4-5-11(7-12)8-15(20)17-2/h4-7,13-14H,3,8-10H2,1-2H3,(H,17,20)(H2,18,19,21)/t13-,14-/m0/s1.